The second-order valence-electron chi connectivity index (χ2n) is 6.71. The molecule has 1 aliphatic heterocycles. The second kappa shape index (κ2) is 8.72. The lowest BCUT2D eigenvalue weighted by Gasteiger charge is -2.30. The fourth-order valence-electron chi connectivity index (χ4n) is 3.50. The number of phenols is 1. The summed E-state index contributed by atoms with van der Waals surface area (Å²) in [6.45, 7) is 6.29. The fraction of sp³-hybridized carbons (Fsp3) is 0.381. The minimum Gasteiger partial charge on any atom is -0.508 e. The number of nitrogens with one attached hydrogen (secondary N) is 1. The van der Waals surface area contributed by atoms with E-state index in [9.17, 15) is 9.90 Å². The molecule has 0 spiro atoms. The highest BCUT2D eigenvalue weighted by Gasteiger charge is 2.15. The van der Waals surface area contributed by atoms with Crippen LogP contribution in [0.1, 0.15) is 24.5 Å². The lowest BCUT2D eigenvalue weighted by molar-refractivity contribution is -0.107. The van der Waals surface area contributed by atoms with Gasteiger partial charge in [0, 0.05) is 43.6 Å². The van der Waals surface area contributed by atoms with Gasteiger partial charge in [-0.05, 0) is 35.7 Å². The Bertz CT molecular complexity index is 742. The van der Waals surface area contributed by atoms with Crippen molar-refractivity contribution in [3.63, 3.8) is 0 Å². The van der Waals surface area contributed by atoms with Gasteiger partial charge in [0.2, 0.25) is 6.41 Å². The molecule has 0 atom stereocenters. The Labute approximate surface area is 155 Å². The normalized spacial score (nSPS) is 14.3. The third kappa shape index (κ3) is 4.35. The molecule has 0 aromatic heterocycles. The number of amides is 1. The molecule has 0 aliphatic carbocycles. The predicted octanol–water partition coefficient (Wildman–Crippen LogP) is 2.92. The number of phenolic OH excluding ortho intramolecular Hbond substituents is 1. The number of nitrogens with zero attached hydrogens (tertiary/aromatic N) is 2. The van der Waals surface area contributed by atoms with E-state index in [1.54, 1.807) is 17.0 Å². The zero-order chi connectivity index (χ0) is 18.4. The van der Waals surface area contributed by atoms with E-state index < -0.39 is 0 Å². The summed E-state index contributed by atoms with van der Waals surface area (Å²) < 4.78 is 0. The molecule has 5 heteroatoms. The summed E-state index contributed by atoms with van der Waals surface area (Å²) in [5.74, 6) is 0.240. The van der Waals surface area contributed by atoms with Gasteiger partial charge >= 0.3 is 0 Å². The number of hydrogen-bond acceptors (Lipinski definition) is 4. The molecule has 2 aromatic rings. The highest BCUT2D eigenvalue weighted by molar-refractivity contribution is 5.77. The number of carbonyl (C=O) groups excluding carboxylic acids is 1. The first kappa shape index (κ1) is 18.3. The molecule has 1 fully saturated rings. The van der Waals surface area contributed by atoms with Crippen LogP contribution in [-0.4, -0.2) is 37.7 Å². The van der Waals surface area contributed by atoms with Crippen LogP contribution in [0, 0.1) is 0 Å². The molecule has 0 bridgehead atoms. The molecular weight excluding hydrogens is 326 g/mol. The van der Waals surface area contributed by atoms with Crippen molar-refractivity contribution in [2.24, 2.45) is 0 Å². The van der Waals surface area contributed by atoms with Crippen molar-refractivity contribution in [3.05, 3.63) is 53.6 Å². The number of anilines is 2. The van der Waals surface area contributed by atoms with Crippen LogP contribution in [-0.2, 0) is 17.8 Å². The van der Waals surface area contributed by atoms with Crippen molar-refractivity contribution in [2.45, 2.75) is 26.3 Å². The topological polar surface area (TPSA) is 55.8 Å². The summed E-state index contributed by atoms with van der Waals surface area (Å²) in [6.07, 6.45) is 2.85. The molecule has 0 radical (unpaired) electrons. The number of aryl methyl sites for hydroxylation is 1. The number of benzene rings is 2. The van der Waals surface area contributed by atoms with Gasteiger partial charge in [0.1, 0.15) is 5.75 Å². The summed E-state index contributed by atoms with van der Waals surface area (Å²) in [5, 5.41) is 13.5. The molecule has 26 heavy (non-hydrogen) atoms. The van der Waals surface area contributed by atoms with Crippen LogP contribution in [0.5, 0.6) is 5.75 Å². The van der Waals surface area contributed by atoms with Gasteiger partial charge in [0.15, 0.2) is 0 Å². The number of para-hydroxylation sites is 1. The first-order valence-corrected chi connectivity index (χ1v) is 9.29. The second-order valence-corrected chi connectivity index (χ2v) is 6.71. The van der Waals surface area contributed by atoms with Crippen LogP contribution in [0.25, 0.3) is 0 Å². The SMILES string of the molecule is CCCc1ccccc1N(C=O)Cc1cc(O)cc(N2CCNCC2)c1. The van der Waals surface area contributed by atoms with E-state index in [1.165, 1.54) is 5.56 Å². The van der Waals surface area contributed by atoms with Gasteiger partial charge in [0.05, 0.1) is 6.54 Å². The smallest absolute Gasteiger partial charge is 0.214 e. The average Bonchev–Trinajstić information content (AvgIpc) is 2.67. The molecule has 138 valence electrons. The summed E-state index contributed by atoms with van der Waals surface area (Å²) in [7, 11) is 0. The van der Waals surface area contributed by atoms with Crippen molar-refractivity contribution in [1.82, 2.24) is 5.32 Å². The Kier molecular flexibility index (Phi) is 6.12. The predicted molar refractivity (Wildman–Crippen MR) is 106 cm³/mol. The van der Waals surface area contributed by atoms with Gasteiger partial charge in [0.25, 0.3) is 0 Å². The lowest BCUT2D eigenvalue weighted by atomic mass is 10.1. The van der Waals surface area contributed by atoms with Crippen LogP contribution in [0.4, 0.5) is 11.4 Å². The summed E-state index contributed by atoms with van der Waals surface area (Å²) in [4.78, 5) is 15.8. The van der Waals surface area contributed by atoms with Crippen LogP contribution >= 0.6 is 0 Å². The van der Waals surface area contributed by atoms with Gasteiger partial charge < -0.3 is 20.2 Å². The monoisotopic (exact) mass is 353 g/mol. The Morgan fingerprint density at radius 2 is 1.96 bits per heavy atom. The van der Waals surface area contributed by atoms with Crippen LogP contribution < -0.4 is 15.1 Å². The molecule has 3 rings (SSSR count). The van der Waals surface area contributed by atoms with E-state index in [1.807, 2.05) is 18.2 Å². The van der Waals surface area contributed by atoms with Crippen molar-refractivity contribution in [3.8, 4) is 5.75 Å². The minimum absolute atomic E-state index is 0.240. The molecule has 1 amide bonds. The molecule has 1 aliphatic rings. The Morgan fingerprint density at radius 1 is 1.19 bits per heavy atom. The Balaban J connectivity index is 1.84. The number of hydrogen-bond donors (Lipinski definition) is 2. The third-order valence-electron chi connectivity index (χ3n) is 4.75. The van der Waals surface area contributed by atoms with Gasteiger partial charge in [-0.2, -0.15) is 0 Å². The van der Waals surface area contributed by atoms with Gasteiger partial charge in [-0.1, -0.05) is 31.5 Å². The average molecular weight is 353 g/mol. The van der Waals surface area contributed by atoms with E-state index in [4.69, 9.17) is 0 Å². The van der Waals surface area contributed by atoms with Crippen LogP contribution in [0.3, 0.4) is 0 Å². The maximum atomic E-state index is 11.8. The lowest BCUT2D eigenvalue weighted by Crippen LogP contribution is -2.43. The van der Waals surface area contributed by atoms with Crippen LogP contribution in [0.2, 0.25) is 0 Å². The van der Waals surface area contributed by atoms with Gasteiger partial charge in [-0.25, -0.2) is 0 Å². The molecule has 1 heterocycles. The highest BCUT2D eigenvalue weighted by atomic mass is 16.3. The molecule has 0 saturated carbocycles. The highest BCUT2D eigenvalue weighted by Crippen LogP contribution is 2.27. The van der Waals surface area contributed by atoms with E-state index in [-0.39, 0.29) is 5.75 Å². The van der Waals surface area contributed by atoms with E-state index >= 15 is 0 Å². The molecule has 0 unspecified atom stereocenters. The van der Waals surface area contributed by atoms with E-state index in [0.717, 1.165) is 62.4 Å². The summed E-state index contributed by atoms with van der Waals surface area (Å²) in [5.41, 5.74) is 4.05. The summed E-state index contributed by atoms with van der Waals surface area (Å²) >= 11 is 0. The molecule has 5 nitrogen and oxygen atoms in total. The third-order valence-corrected chi connectivity index (χ3v) is 4.75. The maximum Gasteiger partial charge on any atom is 0.214 e. The number of piperazine rings is 1. The largest absolute Gasteiger partial charge is 0.508 e. The van der Waals surface area contributed by atoms with Gasteiger partial charge in [-0.15, -0.1) is 0 Å². The first-order valence-electron chi connectivity index (χ1n) is 9.29. The number of rotatable bonds is 7. The van der Waals surface area contributed by atoms with E-state index in [0.29, 0.717) is 6.54 Å². The minimum atomic E-state index is 0.240. The van der Waals surface area contributed by atoms with Crippen LogP contribution in [0.15, 0.2) is 42.5 Å². The first-order chi connectivity index (χ1) is 12.7. The van der Waals surface area contributed by atoms with Crippen molar-refractivity contribution in [1.29, 1.82) is 0 Å². The van der Waals surface area contributed by atoms with Gasteiger partial charge in [-0.3, -0.25) is 4.79 Å². The molecule has 2 aromatic carbocycles. The van der Waals surface area contributed by atoms with Crippen molar-refractivity contribution >= 4 is 17.8 Å². The Morgan fingerprint density at radius 3 is 2.69 bits per heavy atom. The molecular formula is C21H27N3O2. The molecule has 2 N–H and O–H groups in total. The van der Waals surface area contributed by atoms with E-state index in [2.05, 4.69) is 29.3 Å². The van der Waals surface area contributed by atoms with Crippen molar-refractivity contribution < 1.29 is 9.90 Å². The molecule has 1 saturated heterocycles. The Hall–Kier alpha value is -2.53. The maximum absolute atomic E-state index is 11.8. The summed E-state index contributed by atoms with van der Waals surface area (Å²) in [6, 6.07) is 13.6. The quantitative estimate of drug-likeness (QED) is 0.752. The zero-order valence-electron chi connectivity index (χ0n) is 15.3. The van der Waals surface area contributed by atoms with Crippen molar-refractivity contribution in [2.75, 3.05) is 36.0 Å². The number of aromatic hydroxyl groups is 1. The standard InChI is InChI=1S/C21H27N3O2/c1-2-5-18-6-3-4-7-21(18)24(16-25)15-17-12-19(14-20(26)13-17)23-10-8-22-9-11-23/h3-4,6-7,12-14,16,22,26H,2,5,8-11,15H2,1H3. The zero-order valence-corrected chi connectivity index (χ0v) is 15.3. The number of carbonyl (C=O) groups is 1. The fourth-order valence-corrected chi connectivity index (χ4v) is 3.50.